The number of rotatable bonds is 3. The lowest BCUT2D eigenvalue weighted by Crippen LogP contribution is -2.22. The molecule has 4 heteroatoms. The van der Waals surface area contributed by atoms with Gasteiger partial charge in [-0.05, 0) is 26.8 Å². The summed E-state index contributed by atoms with van der Waals surface area (Å²) in [5.41, 5.74) is 0.295. The molecule has 1 heterocycles. The summed E-state index contributed by atoms with van der Waals surface area (Å²) in [7, 11) is 0. The SMILES string of the molecule is CCOC(=O)c1ccc(=O)n(C(C)C)c1. The maximum Gasteiger partial charge on any atom is 0.339 e. The van der Waals surface area contributed by atoms with E-state index in [9.17, 15) is 9.59 Å². The molecule has 4 nitrogen and oxygen atoms in total. The molecule has 0 aliphatic heterocycles. The van der Waals surface area contributed by atoms with E-state index in [0.717, 1.165) is 0 Å². The van der Waals surface area contributed by atoms with E-state index in [2.05, 4.69) is 0 Å². The third kappa shape index (κ3) is 2.68. The second-order valence-corrected chi connectivity index (χ2v) is 3.48. The summed E-state index contributed by atoms with van der Waals surface area (Å²) >= 11 is 0. The third-order valence-electron chi connectivity index (χ3n) is 2.01. The summed E-state index contributed by atoms with van der Waals surface area (Å²) in [5, 5.41) is 0. The van der Waals surface area contributed by atoms with Crippen molar-refractivity contribution in [3.63, 3.8) is 0 Å². The standard InChI is InChI=1S/C11H15NO3/c1-4-15-11(14)9-5-6-10(13)12(7-9)8(2)3/h5-8H,4H2,1-3H3. The van der Waals surface area contributed by atoms with Gasteiger partial charge in [0.25, 0.3) is 5.56 Å². The van der Waals surface area contributed by atoms with Crippen LogP contribution in [0, 0.1) is 0 Å². The lowest BCUT2D eigenvalue weighted by atomic mass is 10.2. The lowest BCUT2D eigenvalue weighted by Gasteiger charge is -2.10. The largest absolute Gasteiger partial charge is 0.462 e. The van der Waals surface area contributed by atoms with Gasteiger partial charge in [0, 0.05) is 18.3 Å². The Labute approximate surface area is 88.5 Å². The van der Waals surface area contributed by atoms with Gasteiger partial charge in [0.1, 0.15) is 0 Å². The van der Waals surface area contributed by atoms with E-state index in [4.69, 9.17) is 4.74 Å². The Hall–Kier alpha value is -1.58. The second-order valence-electron chi connectivity index (χ2n) is 3.48. The average molecular weight is 209 g/mol. The van der Waals surface area contributed by atoms with E-state index in [-0.39, 0.29) is 11.6 Å². The van der Waals surface area contributed by atoms with Crippen molar-refractivity contribution in [2.45, 2.75) is 26.8 Å². The summed E-state index contributed by atoms with van der Waals surface area (Å²) in [6.07, 6.45) is 1.53. The van der Waals surface area contributed by atoms with Crippen molar-refractivity contribution in [2.75, 3.05) is 6.61 Å². The van der Waals surface area contributed by atoms with Gasteiger partial charge in [-0.25, -0.2) is 4.79 Å². The summed E-state index contributed by atoms with van der Waals surface area (Å²) in [6.45, 7) is 5.85. The van der Waals surface area contributed by atoms with Crippen LogP contribution in [0.15, 0.2) is 23.1 Å². The van der Waals surface area contributed by atoms with Gasteiger partial charge in [-0.1, -0.05) is 0 Å². The van der Waals surface area contributed by atoms with Gasteiger partial charge in [-0.15, -0.1) is 0 Å². The maximum absolute atomic E-state index is 11.4. The van der Waals surface area contributed by atoms with Crippen molar-refractivity contribution >= 4 is 5.97 Å². The van der Waals surface area contributed by atoms with Crippen LogP contribution < -0.4 is 5.56 Å². The highest BCUT2D eigenvalue weighted by Crippen LogP contribution is 2.04. The number of aromatic nitrogens is 1. The number of carbonyl (C=O) groups is 1. The number of hydrogen-bond acceptors (Lipinski definition) is 3. The van der Waals surface area contributed by atoms with Crippen LogP contribution in [0.25, 0.3) is 0 Å². The Kier molecular flexibility index (Phi) is 3.66. The Morgan fingerprint density at radius 3 is 2.67 bits per heavy atom. The molecule has 0 unspecified atom stereocenters. The smallest absolute Gasteiger partial charge is 0.339 e. The second kappa shape index (κ2) is 4.77. The zero-order chi connectivity index (χ0) is 11.4. The Balaban J connectivity index is 3.07. The molecule has 0 aromatic carbocycles. The fourth-order valence-corrected chi connectivity index (χ4v) is 1.24. The average Bonchev–Trinajstić information content (AvgIpc) is 2.18. The Morgan fingerprint density at radius 1 is 1.47 bits per heavy atom. The van der Waals surface area contributed by atoms with Crippen LogP contribution in [0.3, 0.4) is 0 Å². The van der Waals surface area contributed by atoms with Crippen molar-refractivity contribution in [2.24, 2.45) is 0 Å². The van der Waals surface area contributed by atoms with Gasteiger partial charge in [-0.3, -0.25) is 4.79 Å². The molecule has 0 amide bonds. The minimum atomic E-state index is -0.396. The quantitative estimate of drug-likeness (QED) is 0.710. The van der Waals surface area contributed by atoms with Crippen molar-refractivity contribution in [1.82, 2.24) is 4.57 Å². The summed E-state index contributed by atoms with van der Waals surface area (Å²) in [6, 6.07) is 2.90. The van der Waals surface area contributed by atoms with E-state index in [1.807, 2.05) is 13.8 Å². The molecule has 1 aromatic heterocycles. The molecule has 82 valence electrons. The van der Waals surface area contributed by atoms with Crippen LogP contribution >= 0.6 is 0 Å². The minimum absolute atomic E-state index is 0.0341. The molecule has 0 aliphatic rings. The molecular weight excluding hydrogens is 194 g/mol. The van der Waals surface area contributed by atoms with Crippen molar-refractivity contribution < 1.29 is 9.53 Å². The molecule has 0 radical (unpaired) electrons. The normalized spacial score (nSPS) is 10.4. The van der Waals surface area contributed by atoms with Crippen molar-refractivity contribution in [3.05, 3.63) is 34.2 Å². The predicted molar refractivity (Wildman–Crippen MR) is 57.0 cm³/mol. The van der Waals surface area contributed by atoms with E-state index in [0.29, 0.717) is 12.2 Å². The van der Waals surface area contributed by atoms with E-state index in [1.54, 1.807) is 6.92 Å². The van der Waals surface area contributed by atoms with Gasteiger partial charge in [-0.2, -0.15) is 0 Å². The number of hydrogen-bond donors (Lipinski definition) is 0. The third-order valence-corrected chi connectivity index (χ3v) is 2.01. The molecule has 0 N–H and O–H groups in total. The molecule has 0 saturated heterocycles. The molecule has 0 aliphatic carbocycles. The fraction of sp³-hybridized carbons (Fsp3) is 0.455. The first-order valence-electron chi connectivity index (χ1n) is 4.95. The zero-order valence-electron chi connectivity index (χ0n) is 9.19. The van der Waals surface area contributed by atoms with Crippen LogP contribution in [-0.4, -0.2) is 17.1 Å². The van der Waals surface area contributed by atoms with Crippen LogP contribution in [0.1, 0.15) is 37.2 Å². The first-order valence-corrected chi connectivity index (χ1v) is 4.95. The first kappa shape index (κ1) is 11.5. The van der Waals surface area contributed by atoms with Crippen LogP contribution in [-0.2, 0) is 4.74 Å². The van der Waals surface area contributed by atoms with Gasteiger partial charge in [0.05, 0.1) is 12.2 Å². The van der Waals surface area contributed by atoms with Crippen molar-refractivity contribution in [1.29, 1.82) is 0 Å². The predicted octanol–water partition coefficient (Wildman–Crippen LogP) is 1.61. The Morgan fingerprint density at radius 2 is 2.13 bits per heavy atom. The molecule has 0 saturated carbocycles. The monoisotopic (exact) mass is 209 g/mol. The van der Waals surface area contributed by atoms with Crippen LogP contribution in [0.5, 0.6) is 0 Å². The molecule has 15 heavy (non-hydrogen) atoms. The number of ether oxygens (including phenoxy) is 1. The number of esters is 1. The van der Waals surface area contributed by atoms with Gasteiger partial charge in [0.15, 0.2) is 0 Å². The van der Waals surface area contributed by atoms with Crippen LogP contribution in [0.2, 0.25) is 0 Å². The molecule has 0 bridgehead atoms. The molecule has 0 spiro atoms. The van der Waals surface area contributed by atoms with Crippen LogP contribution in [0.4, 0.5) is 0 Å². The molecule has 1 rings (SSSR count). The van der Waals surface area contributed by atoms with Gasteiger partial charge >= 0.3 is 5.97 Å². The topological polar surface area (TPSA) is 48.3 Å². The lowest BCUT2D eigenvalue weighted by molar-refractivity contribution is 0.0525. The number of nitrogens with zero attached hydrogens (tertiary/aromatic N) is 1. The Bertz CT molecular complexity index is 407. The highest BCUT2D eigenvalue weighted by atomic mass is 16.5. The molecular formula is C11H15NO3. The fourth-order valence-electron chi connectivity index (χ4n) is 1.24. The summed E-state index contributed by atoms with van der Waals surface area (Å²) in [5.74, 6) is -0.396. The van der Waals surface area contributed by atoms with E-state index < -0.39 is 5.97 Å². The minimum Gasteiger partial charge on any atom is -0.462 e. The van der Waals surface area contributed by atoms with E-state index in [1.165, 1.54) is 22.9 Å². The number of carbonyl (C=O) groups excluding carboxylic acids is 1. The zero-order valence-corrected chi connectivity index (χ0v) is 9.19. The van der Waals surface area contributed by atoms with Gasteiger partial charge in [0.2, 0.25) is 0 Å². The highest BCUT2D eigenvalue weighted by molar-refractivity contribution is 5.88. The summed E-state index contributed by atoms with van der Waals surface area (Å²) in [4.78, 5) is 22.8. The van der Waals surface area contributed by atoms with E-state index >= 15 is 0 Å². The van der Waals surface area contributed by atoms with Gasteiger partial charge < -0.3 is 9.30 Å². The highest BCUT2D eigenvalue weighted by Gasteiger charge is 2.09. The van der Waals surface area contributed by atoms with Crippen molar-refractivity contribution in [3.8, 4) is 0 Å². The number of pyridine rings is 1. The summed E-state index contributed by atoms with van der Waals surface area (Å²) < 4.78 is 6.35. The molecule has 0 atom stereocenters. The molecule has 1 aromatic rings. The maximum atomic E-state index is 11.4. The first-order chi connectivity index (χ1) is 7.06. The molecule has 0 fully saturated rings.